The van der Waals surface area contributed by atoms with Gasteiger partial charge in [-0.25, -0.2) is 14.6 Å². The summed E-state index contributed by atoms with van der Waals surface area (Å²) in [7, 11) is 0. The number of alkyl halides is 3. The second-order valence-electron chi connectivity index (χ2n) is 10.4. The third-order valence-electron chi connectivity index (χ3n) is 6.94. The normalized spacial score (nSPS) is 17.4. The lowest BCUT2D eigenvalue weighted by atomic mass is 10.0. The number of rotatable bonds is 9. The van der Waals surface area contributed by atoms with Gasteiger partial charge in [-0.3, -0.25) is 19.7 Å². The number of aryl methyl sites for hydroxylation is 3. The predicted octanol–water partition coefficient (Wildman–Crippen LogP) is 6.96. The van der Waals surface area contributed by atoms with Gasteiger partial charge >= 0.3 is 12.4 Å². The highest BCUT2D eigenvalue weighted by Crippen LogP contribution is 2.32. The molecule has 3 amide bonds. The molecule has 1 unspecified atom stereocenters. The summed E-state index contributed by atoms with van der Waals surface area (Å²) >= 11 is 1.16. The van der Waals surface area contributed by atoms with Gasteiger partial charge in [-0.15, -0.1) is 13.2 Å². The number of amides is 3. The van der Waals surface area contributed by atoms with E-state index >= 15 is 0 Å². The Balaban J connectivity index is 1.17. The molecule has 3 aromatic rings. The van der Waals surface area contributed by atoms with E-state index in [0.29, 0.717) is 29.8 Å². The number of thioether (sulfide) groups is 1. The number of ether oxygens (including phenoxy) is 1. The number of hydrazine groups is 1. The van der Waals surface area contributed by atoms with E-state index in [9.17, 15) is 27.2 Å². The minimum Gasteiger partial charge on any atom is -0.406 e. The number of amidine groups is 1. The summed E-state index contributed by atoms with van der Waals surface area (Å²) in [6, 6.07) is 14.9. The number of nitrogens with zero attached hydrogens (tertiary/aromatic N) is 4. The van der Waals surface area contributed by atoms with Crippen LogP contribution in [0.15, 0.2) is 70.6 Å². The molecule has 45 heavy (non-hydrogen) atoms. The van der Waals surface area contributed by atoms with Gasteiger partial charge in [0.15, 0.2) is 5.17 Å². The first-order valence-corrected chi connectivity index (χ1v) is 15.2. The van der Waals surface area contributed by atoms with E-state index in [1.165, 1.54) is 47.6 Å². The monoisotopic (exact) mass is 642 g/mol. The molecule has 2 N–H and O–H groups in total. The Kier molecular flexibility index (Phi) is 9.73. The lowest BCUT2D eigenvalue weighted by Gasteiger charge is -2.20. The molecule has 0 aromatic heterocycles. The number of halogens is 4. The first kappa shape index (κ1) is 32.0. The van der Waals surface area contributed by atoms with Crippen molar-refractivity contribution in [3.05, 3.63) is 83.2 Å². The Hall–Kier alpha value is -4.43. The van der Waals surface area contributed by atoms with Crippen molar-refractivity contribution in [2.75, 3.05) is 21.0 Å². The minimum atomic E-state index is -4.77. The van der Waals surface area contributed by atoms with Crippen LogP contribution in [0.1, 0.15) is 36.5 Å². The van der Waals surface area contributed by atoms with Crippen LogP contribution in [0.2, 0.25) is 0 Å². The van der Waals surface area contributed by atoms with E-state index in [1.54, 1.807) is 11.1 Å². The van der Waals surface area contributed by atoms with E-state index in [2.05, 4.69) is 25.5 Å². The lowest BCUT2D eigenvalue weighted by molar-refractivity contribution is -0.274. The number of anilines is 3. The van der Waals surface area contributed by atoms with Crippen LogP contribution in [0.3, 0.4) is 0 Å². The van der Waals surface area contributed by atoms with Gasteiger partial charge in [-0.2, -0.15) is 4.99 Å². The average molecular weight is 643 g/mol. The maximum atomic E-state index is 15.0. The summed E-state index contributed by atoms with van der Waals surface area (Å²) in [5, 5.41) is 4.28. The van der Waals surface area contributed by atoms with Crippen LogP contribution in [0, 0.1) is 12.7 Å². The van der Waals surface area contributed by atoms with Crippen molar-refractivity contribution in [3.63, 3.8) is 0 Å². The van der Waals surface area contributed by atoms with Gasteiger partial charge in [0.05, 0.1) is 22.8 Å². The quantitative estimate of drug-likeness (QED) is 0.245. The molecule has 2 aliphatic rings. The van der Waals surface area contributed by atoms with Gasteiger partial charge in [0.2, 0.25) is 5.91 Å². The molecule has 0 bridgehead atoms. The molecule has 5 rings (SSSR count). The molecule has 14 heteroatoms. The van der Waals surface area contributed by atoms with E-state index < -0.39 is 18.2 Å². The smallest absolute Gasteiger partial charge is 0.406 e. The van der Waals surface area contributed by atoms with Crippen molar-refractivity contribution in [1.29, 1.82) is 0 Å². The second kappa shape index (κ2) is 13.7. The fraction of sp³-hybridized carbons (Fsp3) is 0.290. The topological polar surface area (TPSA) is 98.6 Å². The van der Waals surface area contributed by atoms with Crippen LogP contribution >= 0.6 is 11.8 Å². The van der Waals surface area contributed by atoms with Crippen LogP contribution < -0.4 is 25.4 Å². The molecule has 1 fully saturated rings. The standard InChI is InChI=1S/C31H30F4N6O3S/c1-3-4-21-8-5-19(2)15-26(21)41-28(42)17-45-30(41)38-29(43)37-25-13-6-20(16-24(25)32)7-14-27-36-18-40(39-27)22-9-11-23(12-10-22)44-31(33,34)35/h5-6,8-13,15-16,18,27,39H,3-4,7,14,17H2,1-2H3,(H,37,43)/b38-30-. The molecule has 1 atom stereocenters. The number of benzene rings is 3. The minimum absolute atomic E-state index is 0.0441. The Morgan fingerprint density at radius 3 is 2.62 bits per heavy atom. The van der Waals surface area contributed by atoms with Gasteiger partial charge in [0, 0.05) is 0 Å². The predicted molar refractivity (Wildman–Crippen MR) is 167 cm³/mol. The summed E-state index contributed by atoms with van der Waals surface area (Å²) in [6.45, 7) is 3.98. The third-order valence-corrected chi connectivity index (χ3v) is 7.87. The Morgan fingerprint density at radius 2 is 1.91 bits per heavy atom. The van der Waals surface area contributed by atoms with Gasteiger partial charge in [0.1, 0.15) is 24.1 Å². The molecular weight excluding hydrogens is 612 g/mol. The average Bonchev–Trinajstić information content (AvgIpc) is 3.60. The zero-order valence-electron chi connectivity index (χ0n) is 24.4. The van der Waals surface area contributed by atoms with E-state index in [4.69, 9.17) is 0 Å². The zero-order chi connectivity index (χ0) is 32.1. The molecule has 3 aromatic carbocycles. The van der Waals surface area contributed by atoms with E-state index in [0.717, 1.165) is 35.7 Å². The van der Waals surface area contributed by atoms with Crippen molar-refractivity contribution in [2.24, 2.45) is 9.98 Å². The maximum Gasteiger partial charge on any atom is 0.573 e. The molecule has 9 nitrogen and oxygen atoms in total. The summed E-state index contributed by atoms with van der Waals surface area (Å²) in [6.07, 6.45) is -0.976. The highest BCUT2D eigenvalue weighted by Gasteiger charge is 2.32. The van der Waals surface area contributed by atoms with Crippen molar-refractivity contribution in [1.82, 2.24) is 5.43 Å². The molecule has 2 aliphatic heterocycles. The van der Waals surface area contributed by atoms with Crippen LogP contribution in [0.4, 0.5) is 39.4 Å². The van der Waals surface area contributed by atoms with Crippen LogP contribution in [0.5, 0.6) is 5.75 Å². The number of aliphatic imine (C=N–C) groups is 2. The molecule has 1 saturated heterocycles. The lowest BCUT2D eigenvalue weighted by Crippen LogP contribution is -2.37. The SMILES string of the molecule is CCCc1ccc(C)cc1N1C(=O)CS/C1=N\C(=O)Nc1ccc(CCC2N=CN(c3ccc(OC(F)(F)F)cc3)N2)cc1F. The van der Waals surface area contributed by atoms with Crippen molar-refractivity contribution in [2.45, 2.75) is 52.1 Å². The number of hydrogen-bond donors (Lipinski definition) is 2. The van der Waals surface area contributed by atoms with Gasteiger partial charge in [-0.1, -0.05) is 43.3 Å². The molecular formula is C31H30F4N6O3S. The van der Waals surface area contributed by atoms with E-state index in [1.807, 2.05) is 32.0 Å². The first-order valence-electron chi connectivity index (χ1n) is 14.2. The maximum absolute atomic E-state index is 15.0. The van der Waals surface area contributed by atoms with Crippen molar-refractivity contribution >= 4 is 52.3 Å². The molecule has 0 spiro atoms. The molecule has 0 radical (unpaired) electrons. The van der Waals surface area contributed by atoms with Gasteiger partial charge < -0.3 is 10.1 Å². The number of carbonyl (C=O) groups is 2. The number of urea groups is 1. The molecule has 0 aliphatic carbocycles. The highest BCUT2D eigenvalue weighted by molar-refractivity contribution is 8.15. The molecule has 2 heterocycles. The summed E-state index contributed by atoms with van der Waals surface area (Å²) < 4.78 is 56.0. The summed E-state index contributed by atoms with van der Waals surface area (Å²) in [5.41, 5.74) is 6.96. The molecule has 236 valence electrons. The molecule has 0 saturated carbocycles. The van der Waals surface area contributed by atoms with E-state index in [-0.39, 0.29) is 34.4 Å². The number of carbonyl (C=O) groups excluding carboxylic acids is 2. The first-order chi connectivity index (χ1) is 21.5. The van der Waals surface area contributed by atoms with Crippen LogP contribution in [-0.4, -0.2) is 41.7 Å². The number of nitrogens with one attached hydrogen (secondary N) is 2. The second-order valence-corrected chi connectivity index (χ2v) is 11.3. The zero-order valence-corrected chi connectivity index (χ0v) is 25.2. The summed E-state index contributed by atoms with van der Waals surface area (Å²) in [5.74, 6) is -0.994. The largest absolute Gasteiger partial charge is 0.573 e. The third kappa shape index (κ3) is 8.19. The van der Waals surface area contributed by atoms with Crippen LogP contribution in [0.25, 0.3) is 0 Å². The van der Waals surface area contributed by atoms with Crippen molar-refractivity contribution in [3.8, 4) is 5.75 Å². The van der Waals surface area contributed by atoms with Crippen molar-refractivity contribution < 1.29 is 31.9 Å². The summed E-state index contributed by atoms with van der Waals surface area (Å²) in [4.78, 5) is 35.5. The van der Waals surface area contributed by atoms with Crippen LogP contribution in [-0.2, 0) is 17.6 Å². The fourth-order valence-corrected chi connectivity index (χ4v) is 5.71. The number of hydrogen-bond acceptors (Lipinski definition) is 7. The Labute approximate surface area is 261 Å². The Bertz CT molecular complexity index is 1630. The fourth-order valence-electron chi connectivity index (χ4n) is 4.86. The van der Waals surface area contributed by atoms with Gasteiger partial charge in [0.25, 0.3) is 0 Å². The van der Waals surface area contributed by atoms with Gasteiger partial charge in [-0.05, 0) is 85.3 Å². The highest BCUT2D eigenvalue weighted by atomic mass is 32.2. The Morgan fingerprint density at radius 1 is 1.13 bits per heavy atom.